The number of rotatable bonds is 1. The van der Waals surface area contributed by atoms with Gasteiger partial charge in [-0.05, 0) is 4.08 Å². The van der Waals surface area contributed by atoms with E-state index in [4.69, 9.17) is 0 Å². The van der Waals surface area contributed by atoms with Crippen LogP contribution < -0.4 is 0 Å². The van der Waals surface area contributed by atoms with Gasteiger partial charge in [-0.15, -0.1) is 0 Å². The van der Waals surface area contributed by atoms with E-state index in [1.165, 1.54) is 13.2 Å². The fourth-order valence-electron chi connectivity index (χ4n) is 0.119. The van der Waals surface area contributed by atoms with Crippen LogP contribution >= 0.6 is 22.6 Å². The van der Waals surface area contributed by atoms with E-state index in [1.54, 1.807) is 4.08 Å². The van der Waals surface area contributed by atoms with Crippen molar-refractivity contribution >= 4 is 28.6 Å². The molecule has 2 nitrogen and oxygen atoms in total. The number of methoxy groups -OCH3 is 1. The van der Waals surface area contributed by atoms with Crippen molar-refractivity contribution < 1.29 is 9.53 Å². The van der Waals surface area contributed by atoms with E-state index in [9.17, 15) is 4.79 Å². The van der Waals surface area contributed by atoms with Gasteiger partial charge in [0.05, 0.1) is 7.11 Å². The summed E-state index contributed by atoms with van der Waals surface area (Å²) < 4.78 is 5.86. The molecule has 0 atom stereocenters. The third-order valence-electron chi connectivity index (χ3n) is 0.400. The first-order chi connectivity index (χ1) is 3.31. The molecule has 0 aliphatic rings. The number of hydrogen-bond acceptors (Lipinski definition) is 2. The lowest BCUT2D eigenvalue weighted by Crippen LogP contribution is -1.91. The van der Waals surface area contributed by atoms with Crippen LogP contribution in [0.3, 0.4) is 0 Å². The molecule has 7 heavy (non-hydrogen) atoms. The Bertz CT molecular complexity index is 87.7. The summed E-state index contributed by atoms with van der Waals surface area (Å²) >= 11 is 1.94. The maximum Gasteiger partial charge on any atom is 0.330 e. The van der Waals surface area contributed by atoms with Crippen molar-refractivity contribution in [3.63, 3.8) is 0 Å². The van der Waals surface area contributed by atoms with E-state index in [-0.39, 0.29) is 5.97 Å². The SMILES string of the molecule is COC(=O)C=CI. The summed E-state index contributed by atoms with van der Waals surface area (Å²) in [6.07, 6.45) is 1.35. The van der Waals surface area contributed by atoms with Crippen molar-refractivity contribution in [1.29, 1.82) is 0 Å². The molecule has 40 valence electrons. The molecular weight excluding hydrogens is 207 g/mol. The molecule has 0 saturated heterocycles. The van der Waals surface area contributed by atoms with E-state index < -0.39 is 0 Å². The van der Waals surface area contributed by atoms with E-state index >= 15 is 0 Å². The molecule has 3 heteroatoms. The number of carbonyl (C=O) groups is 1. The van der Waals surface area contributed by atoms with Gasteiger partial charge in [-0.2, -0.15) is 0 Å². The van der Waals surface area contributed by atoms with Crippen molar-refractivity contribution in [2.24, 2.45) is 0 Å². The van der Waals surface area contributed by atoms with Gasteiger partial charge in [0.25, 0.3) is 0 Å². The Hall–Kier alpha value is -0.0600. The lowest BCUT2D eigenvalue weighted by Gasteiger charge is -1.84. The fourth-order valence-corrected chi connectivity index (χ4v) is 0.413. The van der Waals surface area contributed by atoms with Crippen LogP contribution in [0.25, 0.3) is 0 Å². The van der Waals surface area contributed by atoms with Gasteiger partial charge >= 0.3 is 5.97 Å². The molecule has 0 aromatic carbocycles. The average molecular weight is 212 g/mol. The number of halogens is 1. The van der Waals surface area contributed by atoms with Crippen LogP contribution in [0, 0.1) is 0 Å². The maximum atomic E-state index is 10.1. The Kier molecular flexibility index (Phi) is 4.07. The first-order valence-corrected chi connectivity index (χ1v) is 2.90. The lowest BCUT2D eigenvalue weighted by atomic mass is 10.7. The van der Waals surface area contributed by atoms with Crippen molar-refractivity contribution in [3.8, 4) is 0 Å². The third kappa shape index (κ3) is 3.78. The highest BCUT2D eigenvalue weighted by Crippen LogP contribution is 1.84. The largest absolute Gasteiger partial charge is 0.466 e. The van der Waals surface area contributed by atoms with Gasteiger partial charge in [-0.3, -0.25) is 0 Å². The highest BCUT2D eigenvalue weighted by molar-refractivity contribution is 14.1. The summed E-state index contributed by atoms with van der Waals surface area (Å²) in [5, 5.41) is 0. The van der Waals surface area contributed by atoms with E-state index in [1.807, 2.05) is 22.6 Å². The molecule has 0 saturated carbocycles. The van der Waals surface area contributed by atoms with Crippen LogP contribution in [0.4, 0.5) is 0 Å². The molecule has 0 aromatic heterocycles. The van der Waals surface area contributed by atoms with Crippen molar-refractivity contribution in [1.82, 2.24) is 0 Å². The standard InChI is InChI=1S/C4H5IO2/c1-7-4(6)2-3-5/h2-3H,1H3. The predicted octanol–water partition coefficient (Wildman–Crippen LogP) is 1.11. The average Bonchev–Trinajstić information content (AvgIpc) is 1.68. The number of esters is 1. The van der Waals surface area contributed by atoms with Crippen molar-refractivity contribution in [3.05, 3.63) is 10.2 Å². The number of ether oxygens (including phenoxy) is 1. The minimum atomic E-state index is -0.311. The van der Waals surface area contributed by atoms with Crippen LogP contribution in [-0.2, 0) is 9.53 Å². The lowest BCUT2D eigenvalue weighted by molar-refractivity contribution is -0.134. The molecule has 0 spiro atoms. The van der Waals surface area contributed by atoms with Crippen molar-refractivity contribution in [2.45, 2.75) is 0 Å². The molecule has 0 aliphatic heterocycles. The summed E-state index contributed by atoms with van der Waals surface area (Å²) in [6.45, 7) is 0. The van der Waals surface area contributed by atoms with E-state index in [2.05, 4.69) is 4.74 Å². The fraction of sp³-hybridized carbons (Fsp3) is 0.250. The summed E-state index contributed by atoms with van der Waals surface area (Å²) in [7, 11) is 1.35. The summed E-state index contributed by atoms with van der Waals surface area (Å²) in [6, 6.07) is 0. The van der Waals surface area contributed by atoms with Gasteiger partial charge in [0, 0.05) is 6.08 Å². The molecule has 0 radical (unpaired) electrons. The first-order valence-electron chi connectivity index (χ1n) is 1.66. The molecule has 0 unspecified atom stereocenters. The highest BCUT2D eigenvalue weighted by atomic mass is 127. The maximum absolute atomic E-state index is 10.1. The van der Waals surface area contributed by atoms with Gasteiger partial charge in [-0.1, -0.05) is 22.6 Å². The minimum absolute atomic E-state index is 0.311. The molecule has 0 aromatic rings. The topological polar surface area (TPSA) is 26.3 Å². The van der Waals surface area contributed by atoms with Crippen LogP contribution in [-0.4, -0.2) is 13.1 Å². The molecular formula is C4H5IO2. The monoisotopic (exact) mass is 212 g/mol. The Labute approximate surface area is 55.7 Å². The molecule has 0 rings (SSSR count). The van der Waals surface area contributed by atoms with Crippen LogP contribution in [0.1, 0.15) is 0 Å². The number of carbonyl (C=O) groups excluding carboxylic acids is 1. The van der Waals surface area contributed by atoms with Gasteiger partial charge in [0.15, 0.2) is 0 Å². The summed E-state index contributed by atoms with van der Waals surface area (Å²) in [4.78, 5) is 10.1. The second-order valence-corrected chi connectivity index (χ2v) is 1.53. The molecule has 0 amide bonds. The zero-order valence-corrected chi connectivity index (χ0v) is 6.01. The van der Waals surface area contributed by atoms with Gasteiger partial charge in [0.2, 0.25) is 0 Å². The minimum Gasteiger partial charge on any atom is -0.466 e. The normalized spacial score (nSPS) is 9.43. The van der Waals surface area contributed by atoms with Gasteiger partial charge in [0.1, 0.15) is 0 Å². The first kappa shape index (κ1) is 6.94. The molecule has 0 N–H and O–H groups in total. The zero-order chi connectivity index (χ0) is 5.70. The summed E-state index contributed by atoms with van der Waals surface area (Å²) in [5.41, 5.74) is 0. The quantitative estimate of drug-likeness (QED) is 0.369. The van der Waals surface area contributed by atoms with E-state index in [0.717, 1.165) is 0 Å². The Balaban J connectivity index is 3.37. The second kappa shape index (κ2) is 4.11. The molecule has 0 heterocycles. The molecule has 0 bridgehead atoms. The van der Waals surface area contributed by atoms with Crippen LogP contribution in [0.15, 0.2) is 10.2 Å². The van der Waals surface area contributed by atoms with Crippen LogP contribution in [0.5, 0.6) is 0 Å². The predicted molar refractivity (Wildman–Crippen MR) is 35.2 cm³/mol. The van der Waals surface area contributed by atoms with Gasteiger partial charge < -0.3 is 4.74 Å². The number of hydrogen-bond donors (Lipinski definition) is 0. The van der Waals surface area contributed by atoms with Crippen molar-refractivity contribution in [2.75, 3.05) is 7.11 Å². The summed E-state index contributed by atoms with van der Waals surface area (Å²) in [5.74, 6) is -0.311. The Morgan fingerprint density at radius 2 is 2.43 bits per heavy atom. The smallest absolute Gasteiger partial charge is 0.330 e. The Morgan fingerprint density at radius 1 is 1.86 bits per heavy atom. The second-order valence-electron chi connectivity index (χ2n) is 0.816. The third-order valence-corrected chi connectivity index (χ3v) is 0.760. The van der Waals surface area contributed by atoms with Gasteiger partial charge in [-0.25, -0.2) is 4.79 Å². The molecule has 0 fully saturated rings. The highest BCUT2D eigenvalue weighted by Gasteiger charge is 1.84. The van der Waals surface area contributed by atoms with E-state index in [0.29, 0.717) is 0 Å². The Morgan fingerprint density at radius 3 is 2.57 bits per heavy atom. The van der Waals surface area contributed by atoms with Crippen LogP contribution in [0.2, 0.25) is 0 Å². The zero-order valence-electron chi connectivity index (χ0n) is 3.85. The molecule has 0 aliphatic carbocycles.